The molecular formula is C16H20N4OS. The molecular weight excluding hydrogens is 296 g/mol. The predicted molar refractivity (Wildman–Crippen MR) is 87.6 cm³/mol. The third kappa shape index (κ3) is 3.16. The minimum atomic E-state index is 0.147. The Kier molecular flexibility index (Phi) is 4.77. The smallest absolute Gasteiger partial charge is 0.237 e. The highest BCUT2D eigenvalue weighted by Gasteiger charge is 2.18. The molecule has 2 heterocycles. The summed E-state index contributed by atoms with van der Waals surface area (Å²) in [7, 11) is 0. The Bertz CT molecular complexity index is 694. The normalized spacial score (nSPS) is 14.9. The number of amides is 1. The van der Waals surface area contributed by atoms with Crippen LogP contribution in [0.1, 0.15) is 32.6 Å². The fraction of sp³-hybridized carbons (Fsp3) is 0.438. The average molecular weight is 316 g/mol. The molecule has 0 bridgehead atoms. The summed E-state index contributed by atoms with van der Waals surface area (Å²) < 4.78 is 1.91. The van der Waals surface area contributed by atoms with E-state index >= 15 is 0 Å². The van der Waals surface area contributed by atoms with Gasteiger partial charge in [-0.15, -0.1) is 10.2 Å². The second kappa shape index (κ2) is 6.96. The summed E-state index contributed by atoms with van der Waals surface area (Å²) in [6.07, 6.45) is 8.64. The van der Waals surface area contributed by atoms with Crippen molar-refractivity contribution in [3.8, 4) is 0 Å². The SMILES string of the molecule is CCN(C(=O)CSc1nnc2ccccn12)C1=CCCCC1. The van der Waals surface area contributed by atoms with Crippen LogP contribution >= 0.6 is 11.8 Å². The van der Waals surface area contributed by atoms with E-state index in [2.05, 4.69) is 16.3 Å². The van der Waals surface area contributed by atoms with Gasteiger partial charge >= 0.3 is 0 Å². The highest BCUT2D eigenvalue weighted by molar-refractivity contribution is 7.99. The molecule has 2 aromatic rings. The molecule has 1 amide bonds. The van der Waals surface area contributed by atoms with Crippen molar-refractivity contribution in [2.45, 2.75) is 37.8 Å². The molecule has 0 atom stereocenters. The fourth-order valence-corrected chi connectivity index (χ4v) is 3.53. The number of thioether (sulfide) groups is 1. The van der Waals surface area contributed by atoms with Gasteiger partial charge in [0.15, 0.2) is 10.8 Å². The van der Waals surface area contributed by atoms with Gasteiger partial charge in [-0.2, -0.15) is 0 Å². The Morgan fingerprint density at radius 3 is 3.05 bits per heavy atom. The molecule has 0 unspecified atom stereocenters. The number of allylic oxidation sites excluding steroid dienone is 2. The van der Waals surface area contributed by atoms with Gasteiger partial charge in [-0.05, 0) is 44.7 Å². The molecule has 6 heteroatoms. The quantitative estimate of drug-likeness (QED) is 0.795. The van der Waals surface area contributed by atoms with Crippen LogP contribution in [0.25, 0.3) is 5.65 Å². The van der Waals surface area contributed by atoms with Crippen LogP contribution in [0.5, 0.6) is 0 Å². The zero-order valence-corrected chi connectivity index (χ0v) is 13.6. The molecule has 3 rings (SSSR count). The number of fused-ring (bicyclic) bond motifs is 1. The van der Waals surface area contributed by atoms with Crippen molar-refractivity contribution in [3.05, 3.63) is 36.2 Å². The number of nitrogens with zero attached hydrogens (tertiary/aromatic N) is 4. The largest absolute Gasteiger partial charge is 0.316 e. The van der Waals surface area contributed by atoms with Crippen molar-refractivity contribution in [2.24, 2.45) is 0 Å². The van der Waals surface area contributed by atoms with Gasteiger partial charge in [-0.1, -0.05) is 23.9 Å². The molecule has 0 aliphatic heterocycles. The maximum atomic E-state index is 12.5. The number of hydrogen-bond acceptors (Lipinski definition) is 4. The zero-order valence-electron chi connectivity index (χ0n) is 12.7. The molecule has 1 aliphatic carbocycles. The lowest BCUT2D eigenvalue weighted by Crippen LogP contribution is -2.32. The molecule has 0 spiro atoms. The Morgan fingerprint density at radius 2 is 2.27 bits per heavy atom. The molecule has 0 radical (unpaired) electrons. The number of rotatable bonds is 5. The molecule has 0 saturated carbocycles. The van der Waals surface area contributed by atoms with Crippen LogP contribution in [-0.4, -0.2) is 37.7 Å². The van der Waals surface area contributed by atoms with Gasteiger partial charge in [0.1, 0.15) is 0 Å². The average Bonchev–Trinajstić information content (AvgIpc) is 2.98. The first-order chi connectivity index (χ1) is 10.8. The number of hydrogen-bond donors (Lipinski definition) is 0. The van der Waals surface area contributed by atoms with Crippen LogP contribution < -0.4 is 0 Å². The second-order valence-corrected chi connectivity index (χ2v) is 6.22. The van der Waals surface area contributed by atoms with E-state index in [1.807, 2.05) is 40.6 Å². The lowest BCUT2D eigenvalue weighted by molar-refractivity contribution is -0.126. The molecule has 0 N–H and O–H groups in total. The first kappa shape index (κ1) is 15.1. The third-order valence-electron chi connectivity index (χ3n) is 3.84. The Hall–Kier alpha value is -1.82. The second-order valence-electron chi connectivity index (χ2n) is 5.28. The van der Waals surface area contributed by atoms with Gasteiger partial charge in [0.2, 0.25) is 5.91 Å². The van der Waals surface area contributed by atoms with Crippen LogP contribution in [0, 0.1) is 0 Å². The van der Waals surface area contributed by atoms with E-state index in [-0.39, 0.29) is 5.91 Å². The molecule has 0 fully saturated rings. The summed E-state index contributed by atoms with van der Waals surface area (Å²) in [5.41, 5.74) is 1.99. The van der Waals surface area contributed by atoms with Crippen molar-refractivity contribution in [3.63, 3.8) is 0 Å². The highest BCUT2D eigenvalue weighted by atomic mass is 32.2. The van der Waals surface area contributed by atoms with Crippen LogP contribution in [0.2, 0.25) is 0 Å². The van der Waals surface area contributed by atoms with E-state index in [1.54, 1.807) is 0 Å². The van der Waals surface area contributed by atoms with E-state index in [4.69, 9.17) is 0 Å². The van der Waals surface area contributed by atoms with Crippen LogP contribution in [0.4, 0.5) is 0 Å². The summed E-state index contributed by atoms with van der Waals surface area (Å²) in [5.74, 6) is 0.536. The third-order valence-corrected chi connectivity index (χ3v) is 4.77. The van der Waals surface area contributed by atoms with Crippen molar-refractivity contribution in [1.29, 1.82) is 0 Å². The minimum Gasteiger partial charge on any atom is -0.316 e. The minimum absolute atomic E-state index is 0.147. The molecule has 0 aromatic carbocycles. The summed E-state index contributed by atoms with van der Waals surface area (Å²) in [6, 6.07) is 5.77. The van der Waals surface area contributed by atoms with E-state index in [0.717, 1.165) is 30.2 Å². The molecule has 5 nitrogen and oxygen atoms in total. The van der Waals surface area contributed by atoms with E-state index in [0.29, 0.717) is 5.75 Å². The van der Waals surface area contributed by atoms with E-state index in [1.165, 1.54) is 30.3 Å². The molecule has 22 heavy (non-hydrogen) atoms. The van der Waals surface area contributed by atoms with Crippen LogP contribution in [-0.2, 0) is 4.79 Å². The van der Waals surface area contributed by atoms with Crippen molar-refractivity contribution in [2.75, 3.05) is 12.3 Å². The molecule has 116 valence electrons. The molecule has 2 aromatic heterocycles. The Labute approximate surface area is 134 Å². The number of carbonyl (C=O) groups is 1. The summed E-state index contributed by atoms with van der Waals surface area (Å²) in [5, 5.41) is 9.02. The van der Waals surface area contributed by atoms with Gasteiger partial charge in [0.05, 0.1) is 5.75 Å². The number of aromatic nitrogens is 3. The van der Waals surface area contributed by atoms with Gasteiger partial charge in [0.25, 0.3) is 0 Å². The van der Waals surface area contributed by atoms with Crippen LogP contribution in [0.15, 0.2) is 41.3 Å². The maximum absolute atomic E-state index is 12.5. The van der Waals surface area contributed by atoms with E-state index in [9.17, 15) is 4.79 Å². The fourth-order valence-electron chi connectivity index (χ4n) is 2.73. The number of pyridine rings is 1. The standard InChI is InChI=1S/C16H20N4OS/c1-2-19(13-8-4-3-5-9-13)15(21)12-22-16-18-17-14-10-6-7-11-20(14)16/h6-8,10-11H,2-5,9,12H2,1H3. The zero-order chi connectivity index (χ0) is 15.4. The maximum Gasteiger partial charge on any atom is 0.237 e. The van der Waals surface area contributed by atoms with Gasteiger partial charge in [-0.25, -0.2) is 0 Å². The highest BCUT2D eigenvalue weighted by Crippen LogP contribution is 2.23. The van der Waals surface area contributed by atoms with E-state index < -0.39 is 0 Å². The van der Waals surface area contributed by atoms with Gasteiger partial charge in [0, 0.05) is 18.4 Å². The molecule has 1 aliphatic rings. The topological polar surface area (TPSA) is 50.5 Å². The lowest BCUT2D eigenvalue weighted by Gasteiger charge is -2.26. The summed E-state index contributed by atoms with van der Waals surface area (Å²) >= 11 is 1.44. The Morgan fingerprint density at radius 1 is 1.36 bits per heavy atom. The van der Waals surface area contributed by atoms with Crippen LogP contribution in [0.3, 0.4) is 0 Å². The van der Waals surface area contributed by atoms with Gasteiger partial charge in [-0.3, -0.25) is 9.20 Å². The van der Waals surface area contributed by atoms with Crippen molar-refractivity contribution >= 4 is 23.3 Å². The summed E-state index contributed by atoms with van der Waals surface area (Å²) in [6.45, 7) is 2.76. The van der Waals surface area contributed by atoms with Crippen molar-refractivity contribution in [1.82, 2.24) is 19.5 Å². The van der Waals surface area contributed by atoms with Crippen molar-refractivity contribution < 1.29 is 4.79 Å². The monoisotopic (exact) mass is 316 g/mol. The first-order valence-corrected chi connectivity index (χ1v) is 8.70. The molecule has 0 saturated heterocycles. The Balaban J connectivity index is 1.67. The predicted octanol–water partition coefficient (Wildman–Crippen LogP) is 3.13. The first-order valence-electron chi connectivity index (χ1n) is 7.71. The lowest BCUT2D eigenvalue weighted by atomic mass is 10.0. The number of carbonyl (C=O) groups excluding carboxylic acids is 1. The summed E-state index contributed by atoms with van der Waals surface area (Å²) in [4.78, 5) is 14.4. The van der Waals surface area contributed by atoms with Gasteiger partial charge < -0.3 is 4.90 Å².